The maximum atomic E-state index is 4.04. The molecule has 2 heteroatoms. The van der Waals surface area contributed by atoms with E-state index in [0.717, 1.165) is 13.1 Å². The normalized spacial score (nSPS) is 14.6. The number of rotatable bonds is 5. The standard InChI is InChI=1S/C32H28N2/c1-3-21-33-27-17-9-5-13-23(27)31(24-14-6-10-18-28(24)33)32-25-15-7-11-19-29(25)34(22-4-2)30-20-12-8-16-26(30)32/h3-20,31-32H,1-2,21-22H2. The third kappa shape index (κ3) is 3.03. The van der Waals surface area contributed by atoms with Crippen LogP contribution in [0.25, 0.3) is 0 Å². The fourth-order valence-electron chi connectivity index (χ4n) is 5.95. The highest BCUT2D eigenvalue weighted by Gasteiger charge is 2.40. The van der Waals surface area contributed by atoms with Gasteiger partial charge in [0, 0.05) is 47.7 Å². The summed E-state index contributed by atoms with van der Waals surface area (Å²) in [6.45, 7) is 9.65. The van der Waals surface area contributed by atoms with E-state index in [1.165, 1.54) is 45.0 Å². The van der Waals surface area contributed by atoms with Crippen LogP contribution in [0.3, 0.4) is 0 Å². The lowest BCUT2D eigenvalue weighted by atomic mass is 9.69. The van der Waals surface area contributed by atoms with E-state index in [1.54, 1.807) is 0 Å². The van der Waals surface area contributed by atoms with E-state index in [0.29, 0.717) is 0 Å². The van der Waals surface area contributed by atoms with E-state index in [2.05, 4.69) is 120 Å². The first-order chi connectivity index (χ1) is 16.8. The van der Waals surface area contributed by atoms with Gasteiger partial charge in [0.15, 0.2) is 0 Å². The molecule has 0 saturated heterocycles. The second-order valence-electron chi connectivity index (χ2n) is 8.99. The van der Waals surface area contributed by atoms with Gasteiger partial charge in [0.1, 0.15) is 0 Å². The zero-order valence-corrected chi connectivity index (χ0v) is 19.3. The Hall–Kier alpha value is -4.04. The van der Waals surface area contributed by atoms with Gasteiger partial charge in [-0.3, -0.25) is 0 Å². The molecule has 0 saturated carbocycles. The number of hydrogen-bond donors (Lipinski definition) is 0. The van der Waals surface area contributed by atoms with Crippen LogP contribution in [0.2, 0.25) is 0 Å². The number of para-hydroxylation sites is 4. The Morgan fingerprint density at radius 2 is 0.735 bits per heavy atom. The second kappa shape index (κ2) is 8.39. The summed E-state index contributed by atoms with van der Waals surface area (Å²) in [4.78, 5) is 4.80. The van der Waals surface area contributed by atoms with E-state index >= 15 is 0 Å². The zero-order chi connectivity index (χ0) is 23.1. The number of fused-ring (bicyclic) bond motifs is 4. The molecule has 4 aromatic carbocycles. The van der Waals surface area contributed by atoms with Gasteiger partial charge >= 0.3 is 0 Å². The van der Waals surface area contributed by atoms with Crippen molar-refractivity contribution in [2.75, 3.05) is 22.9 Å². The molecular weight excluding hydrogens is 412 g/mol. The summed E-state index contributed by atoms with van der Waals surface area (Å²) in [7, 11) is 0. The SMILES string of the molecule is C=CCN1c2ccccc2C(C2c3ccccc3N(CC=C)c3ccccc32)c2ccccc21. The fourth-order valence-corrected chi connectivity index (χ4v) is 5.95. The van der Waals surface area contributed by atoms with Crippen LogP contribution in [-0.4, -0.2) is 13.1 Å². The molecule has 2 heterocycles. The predicted molar refractivity (Wildman–Crippen MR) is 144 cm³/mol. The van der Waals surface area contributed by atoms with Crippen LogP contribution in [0.5, 0.6) is 0 Å². The van der Waals surface area contributed by atoms with Crippen molar-refractivity contribution in [1.82, 2.24) is 0 Å². The summed E-state index contributed by atoms with van der Waals surface area (Å²) in [5.41, 5.74) is 10.6. The molecule has 2 aliphatic heterocycles. The molecule has 6 rings (SSSR count). The molecule has 0 fully saturated rings. The highest BCUT2D eigenvalue weighted by atomic mass is 15.2. The first-order valence-electron chi connectivity index (χ1n) is 12.0. The summed E-state index contributed by atoms with van der Waals surface area (Å²) in [6.07, 6.45) is 3.98. The van der Waals surface area contributed by atoms with Gasteiger partial charge < -0.3 is 9.80 Å². The van der Waals surface area contributed by atoms with Crippen molar-refractivity contribution < 1.29 is 0 Å². The van der Waals surface area contributed by atoms with Crippen molar-refractivity contribution in [3.05, 3.63) is 145 Å². The molecule has 0 atom stereocenters. The van der Waals surface area contributed by atoms with Gasteiger partial charge in [-0.05, 0) is 46.5 Å². The summed E-state index contributed by atoms with van der Waals surface area (Å²) >= 11 is 0. The Balaban J connectivity index is 1.65. The average molecular weight is 441 g/mol. The minimum absolute atomic E-state index is 0.210. The molecule has 0 unspecified atom stereocenters. The zero-order valence-electron chi connectivity index (χ0n) is 19.3. The van der Waals surface area contributed by atoms with E-state index in [9.17, 15) is 0 Å². The molecular formula is C32H28N2. The van der Waals surface area contributed by atoms with Crippen molar-refractivity contribution in [2.24, 2.45) is 0 Å². The molecule has 0 bridgehead atoms. The highest BCUT2D eigenvalue weighted by Crippen LogP contribution is 2.57. The quantitative estimate of drug-likeness (QED) is 0.291. The van der Waals surface area contributed by atoms with Gasteiger partial charge in [-0.2, -0.15) is 0 Å². The molecule has 0 spiro atoms. The van der Waals surface area contributed by atoms with E-state index in [-0.39, 0.29) is 11.8 Å². The predicted octanol–water partition coefficient (Wildman–Crippen LogP) is 7.93. The summed E-state index contributed by atoms with van der Waals surface area (Å²) in [5.74, 6) is 0.420. The smallest absolute Gasteiger partial charge is 0.0452 e. The lowest BCUT2D eigenvalue weighted by molar-refractivity contribution is 0.671. The summed E-state index contributed by atoms with van der Waals surface area (Å²) in [5, 5.41) is 0. The van der Waals surface area contributed by atoms with Gasteiger partial charge in [-0.15, -0.1) is 13.2 Å². The van der Waals surface area contributed by atoms with Crippen LogP contribution in [0.1, 0.15) is 34.1 Å². The Labute approximate surface area is 202 Å². The minimum atomic E-state index is 0.210. The van der Waals surface area contributed by atoms with Crippen LogP contribution in [0, 0.1) is 0 Å². The van der Waals surface area contributed by atoms with Gasteiger partial charge in [0.25, 0.3) is 0 Å². The Kier molecular flexibility index (Phi) is 5.07. The number of benzene rings is 4. The van der Waals surface area contributed by atoms with Gasteiger partial charge in [-0.25, -0.2) is 0 Å². The van der Waals surface area contributed by atoms with E-state index in [4.69, 9.17) is 0 Å². The topological polar surface area (TPSA) is 6.48 Å². The molecule has 0 aromatic heterocycles. The number of hydrogen-bond acceptors (Lipinski definition) is 2. The van der Waals surface area contributed by atoms with Crippen molar-refractivity contribution in [3.63, 3.8) is 0 Å². The molecule has 0 N–H and O–H groups in total. The molecule has 0 amide bonds. The van der Waals surface area contributed by atoms with Crippen LogP contribution in [0.15, 0.2) is 122 Å². The summed E-state index contributed by atoms with van der Waals surface area (Å²) < 4.78 is 0. The molecule has 2 aliphatic rings. The minimum Gasteiger partial charge on any atom is -0.337 e. The van der Waals surface area contributed by atoms with Crippen molar-refractivity contribution >= 4 is 22.7 Å². The Morgan fingerprint density at radius 3 is 1.00 bits per heavy atom. The Bertz CT molecular complexity index is 1180. The lowest BCUT2D eigenvalue weighted by Gasteiger charge is -2.44. The summed E-state index contributed by atoms with van der Waals surface area (Å²) in [6, 6.07) is 35.6. The third-order valence-electron chi connectivity index (χ3n) is 7.21. The fraction of sp³-hybridized carbons (Fsp3) is 0.125. The first kappa shape index (κ1) is 20.6. The molecule has 0 aliphatic carbocycles. The van der Waals surface area contributed by atoms with Crippen LogP contribution < -0.4 is 9.80 Å². The van der Waals surface area contributed by atoms with Gasteiger partial charge in [0.05, 0.1) is 0 Å². The molecule has 166 valence electrons. The largest absolute Gasteiger partial charge is 0.337 e. The van der Waals surface area contributed by atoms with Crippen molar-refractivity contribution in [3.8, 4) is 0 Å². The van der Waals surface area contributed by atoms with Crippen LogP contribution in [-0.2, 0) is 0 Å². The maximum absolute atomic E-state index is 4.04. The molecule has 0 radical (unpaired) electrons. The van der Waals surface area contributed by atoms with E-state index < -0.39 is 0 Å². The average Bonchev–Trinajstić information content (AvgIpc) is 2.89. The Morgan fingerprint density at radius 1 is 0.471 bits per heavy atom. The molecule has 34 heavy (non-hydrogen) atoms. The molecule has 4 aromatic rings. The van der Waals surface area contributed by atoms with Crippen LogP contribution >= 0.6 is 0 Å². The van der Waals surface area contributed by atoms with Crippen molar-refractivity contribution in [1.29, 1.82) is 0 Å². The molecule has 2 nitrogen and oxygen atoms in total. The monoisotopic (exact) mass is 440 g/mol. The van der Waals surface area contributed by atoms with E-state index in [1.807, 2.05) is 12.2 Å². The third-order valence-corrected chi connectivity index (χ3v) is 7.21. The van der Waals surface area contributed by atoms with Gasteiger partial charge in [0.2, 0.25) is 0 Å². The van der Waals surface area contributed by atoms with Crippen molar-refractivity contribution in [2.45, 2.75) is 11.8 Å². The number of nitrogens with zero attached hydrogens (tertiary/aromatic N) is 2. The highest BCUT2D eigenvalue weighted by molar-refractivity contribution is 5.82. The second-order valence-corrected chi connectivity index (χ2v) is 8.99. The maximum Gasteiger partial charge on any atom is 0.0452 e. The number of anilines is 4. The van der Waals surface area contributed by atoms with Crippen LogP contribution in [0.4, 0.5) is 22.7 Å². The van der Waals surface area contributed by atoms with Gasteiger partial charge in [-0.1, -0.05) is 84.9 Å². The lowest BCUT2D eigenvalue weighted by Crippen LogP contribution is -2.32. The first-order valence-corrected chi connectivity index (χ1v) is 12.0.